The summed E-state index contributed by atoms with van der Waals surface area (Å²) in [7, 11) is -3.58. The first-order chi connectivity index (χ1) is 9.43. The van der Waals surface area contributed by atoms with Crippen LogP contribution < -0.4 is 5.73 Å². The number of sulfonamides is 1. The number of hydrogen-bond donors (Lipinski definition) is 1. The molecule has 20 heavy (non-hydrogen) atoms. The van der Waals surface area contributed by atoms with Crippen LogP contribution in [0.25, 0.3) is 0 Å². The lowest BCUT2D eigenvalue weighted by Gasteiger charge is -2.21. The van der Waals surface area contributed by atoms with Crippen LogP contribution >= 0.6 is 12.2 Å². The molecule has 1 fully saturated rings. The van der Waals surface area contributed by atoms with Crippen molar-refractivity contribution in [2.24, 2.45) is 11.7 Å². The summed E-state index contributed by atoms with van der Waals surface area (Å²) < 4.78 is 27.0. The summed E-state index contributed by atoms with van der Waals surface area (Å²) in [4.78, 5) is 4.13. The van der Waals surface area contributed by atoms with Crippen molar-refractivity contribution >= 4 is 27.2 Å². The lowest BCUT2D eigenvalue weighted by atomic mass is 10.0. The van der Waals surface area contributed by atoms with Crippen LogP contribution in [-0.2, 0) is 10.0 Å². The van der Waals surface area contributed by atoms with Crippen LogP contribution in [0.3, 0.4) is 0 Å². The Bertz CT molecular complexity index is 601. The molecule has 1 aromatic rings. The van der Waals surface area contributed by atoms with E-state index in [9.17, 15) is 8.42 Å². The third-order valence-electron chi connectivity index (χ3n) is 3.60. The fourth-order valence-electron chi connectivity index (χ4n) is 2.40. The normalized spacial score (nSPS) is 21.4. The van der Waals surface area contributed by atoms with E-state index in [4.69, 9.17) is 18.0 Å². The predicted octanol–water partition coefficient (Wildman–Crippen LogP) is 1.53. The summed E-state index contributed by atoms with van der Waals surface area (Å²) in [6.45, 7) is 3.23. The number of pyridine rings is 1. The first kappa shape index (κ1) is 15.3. The zero-order chi connectivity index (χ0) is 14.8. The molecule has 0 saturated carbocycles. The van der Waals surface area contributed by atoms with Gasteiger partial charge in [0.15, 0.2) is 0 Å². The van der Waals surface area contributed by atoms with Crippen molar-refractivity contribution < 1.29 is 8.42 Å². The van der Waals surface area contributed by atoms with Gasteiger partial charge in [-0.05, 0) is 37.3 Å². The summed E-state index contributed by atoms with van der Waals surface area (Å²) in [5.41, 5.74) is 5.76. The third kappa shape index (κ3) is 3.16. The first-order valence-electron chi connectivity index (χ1n) is 6.68. The Morgan fingerprint density at radius 2 is 2.20 bits per heavy atom. The van der Waals surface area contributed by atoms with Gasteiger partial charge in [-0.15, -0.1) is 0 Å². The maximum absolute atomic E-state index is 12.7. The molecule has 2 heterocycles. The van der Waals surface area contributed by atoms with E-state index in [1.54, 1.807) is 6.07 Å². The molecule has 0 aliphatic carbocycles. The fourth-order valence-corrected chi connectivity index (χ4v) is 4.28. The van der Waals surface area contributed by atoms with Crippen molar-refractivity contribution in [3.05, 3.63) is 24.0 Å². The zero-order valence-electron chi connectivity index (χ0n) is 11.4. The van der Waals surface area contributed by atoms with E-state index in [2.05, 4.69) is 11.9 Å². The Balaban J connectivity index is 2.37. The average molecular weight is 313 g/mol. The zero-order valence-corrected chi connectivity index (χ0v) is 13.1. The Morgan fingerprint density at radius 1 is 1.45 bits per heavy atom. The van der Waals surface area contributed by atoms with Crippen molar-refractivity contribution in [2.45, 2.75) is 31.1 Å². The molecule has 0 aromatic carbocycles. The molecule has 2 N–H and O–H groups in total. The Morgan fingerprint density at radius 3 is 2.90 bits per heavy atom. The summed E-state index contributed by atoms with van der Waals surface area (Å²) in [6, 6.07) is 3.11. The molecule has 1 unspecified atom stereocenters. The minimum atomic E-state index is -3.58. The molecule has 1 aromatic heterocycles. The molecule has 0 bridgehead atoms. The predicted molar refractivity (Wildman–Crippen MR) is 81.9 cm³/mol. The summed E-state index contributed by atoms with van der Waals surface area (Å²) in [5.74, 6) is 0.555. The molecule has 1 aliphatic heterocycles. The Kier molecular flexibility index (Phi) is 4.72. The topological polar surface area (TPSA) is 76.3 Å². The molecule has 0 amide bonds. The molecule has 2 rings (SSSR count). The van der Waals surface area contributed by atoms with Crippen molar-refractivity contribution in [3.8, 4) is 0 Å². The van der Waals surface area contributed by atoms with Gasteiger partial charge in [0.25, 0.3) is 0 Å². The molecule has 1 aliphatic rings. The van der Waals surface area contributed by atoms with Crippen LogP contribution in [0.2, 0.25) is 0 Å². The van der Waals surface area contributed by atoms with Gasteiger partial charge in [-0.3, -0.25) is 4.98 Å². The van der Waals surface area contributed by atoms with Crippen molar-refractivity contribution in [1.82, 2.24) is 9.29 Å². The smallest absolute Gasteiger partial charge is 0.245 e. The molecular weight excluding hydrogens is 294 g/mol. The minimum Gasteiger partial charge on any atom is -0.388 e. The molecule has 7 heteroatoms. The van der Waals surface area contributed by atoms with E-state index >= 15 is 0 Å². The molecule has 1 atom stereocenters. The van der Waals surface area contributed by atoms with E-state index in [-0.39, 0.29) is 15.6 Å². The van der Waals surface area contributed by atoms with Gasteiger partial charge in [0.1, 0.15) is 15.6 Å². The van der Waals surface area contributed by atoms with Gasteiger partial charge in [0, 0.05) is 19.3 Å². The maximum Gasteiger partial charge on any atom is 0.245 e. The molecule has 5 nitrogen and oxygen atoms in total. The summed E-state index contributed by atoms with van der Waals surface area (Å²) in [5, 5.41) is 0. The Hall–Kier alpha value is -1.05. The second-order valence-corrected chi connectivity index (χ2v) is 7.50. The summed E-state index contributed by atoms with van der Waals surface area (Å²) >= 11 is 4.90. The van der Waals surface area contributed by atoms with Gasteiger partial charge in [-0.25, -0.2) is 8.42 Å². The van der Waals surface area contributed by atoms with Gasteiger partial charge in [0.2, 0.25) is 10.0 Å². The number of aromatic nitrogens is 1. The fraction of sp³-hybridized carbons (Fsp3) is 0.538. The highest BCUT2D eigenvalue weighted by Crippen LogP contribution is 2.24. The molecule has 0 spiro atoms. The minimum absolute atomic E-state index is 0.00682. The van der Waals surface area contributed by atoms with E-state index in [0.717, 1.165) is 19.3 Å². The van der Waals surface area contributed by atoms with Crippen LogP contribution in [0, 0.1) is 5.92 Å². The number of nitrogens with zero attached hydrogens (tertiary/aromatic N) is 2. The standard InChI is InChI=1S/C13H19N3O2S2/c1-10-4-3-8-16(9-6-10)20(17,18)11-5-2-7-15-12(11)13(14)19/h2,5,7,10H,3-4,6,8-9H2,1H3,(H2,14,19). The third-order valence-corrected chi connectivity index (χ3v) is 5.72. The Labute approximate surface area is 125 Å². The quantitative estimate of drug-likeness (QED) is 0.856. The van der Waals surface area contributed by atoms with Gasteiger partial charge in [0.05, 0.1) is 0 Å². The number of nitrogens with two attached hydrogens (primary N) is 1. The molecule has 0 radical (unpaired) electrons. The van der Waals surface area contributed by atoms with Gasteiger partial charge in [-0.1, -0.05) is 19.1 Å². The SMILES string of the molecule is CC1CCCN(S(=O)(=O)c2cccnc2C(N)=S)CC1. The number of hydrogen-bond acceptors (Lipinski definition) is 4. The second kappa shape index (κ2) is 6.15. The van der Waals surface area contributed by atoms with Gasteiger partial charge >= 0.3 is 0 Å². The number of rotatable bonds is 3. The largest absolute Gasteiger partial charge is 0.388 e. The van der Waals surface area contributed by atoms with Crippen LogP contribution in [0.1, 0.15) is 31.9 Å². The van der Waals surface area contributed by atoms with Crippen LogP contribution in [0.15, 0.2) is 23.2 Å². The molecule has 1 saturated heterocycles. The lowest BCUT2D eigenvalue weighted by Crippen LogP contribution is -2.33. The molecule has 110 valence electrons. The lowest BCUT2D eigenvalue weighted by molar-refractivity contribution is 0.416. The van der Waals surface area contributed by atoms with E-state index in [0.29, 0.717) is 19.0 Å². The van der Waals surface area contributed by atoms with Crippen LogP contribution in [-0.4, -0.2) is 35.8 Å². The average Bonchev–Trinajstić information content (AvgIpc) is 2.64. The highest BCUT2D eigenvalue weighted by Gasteiger charge is 2.29. The first-order valence-corrected chi connectivity index (χ1v) is 8.52. The monoisotopic (exact) mass is 313 g/mol. The van der Waals surface area contributed by atoms with E-state index in [1.165, 1.54) is 16.6 Å². The van der Waals surface area contributed by atoms with Crippen molar-refractivity contribution in [2.75, 3.05) is 13.1 Å². The van der Waals surface area contributed by atoms with E-state index < -0.39 is 10.0 Å². The van der Waals surface area contributed by atoms with Gasteiger partial charge < -0.3 is 5.73 Å². The number of thiocarbonyl (C=S) groups is 1. The van der Waals surface area contributed by atoms with Crippen molar-refractivity contribution in [3.63, 3.8) is 0 Å². The van der Waals surface area contributed by atoms with Crippen LogP contribution in [0.4, 0.5) is 0 Å². The highest BCUT2D eigenvalue weighted by molar-refractivity contribution is 7.89. The maximum atomic E-state index is 12.7. The highest BCUT2D eigenvalue weighted by atomic mass is 32.2. The molecular formula is C13H19N3O2S2. The van der Waals surface area contributed by atoms with Gasteiger partial charge in [-0.2, -0.15) is 4.31 Å². The summed E-state index contributed by atoms with van der Waals surface area (Å²) in [6.07, 6.45) is 4.31. The van der Waals surface area contributed by atoms with Crippen molar-refractivity contribution in [1.29, 1.82) is 0 Å². The van der Waals surface area contributed by atoms with Crippen LogP contribution in [0.5, 0.6) is 0 Å². The second-order valence-electron chi connectivity index (χ2n) is 5.15. The van der Waals surface area contributed by atoms with E-state index in [1.807, 2.05) is 0 Å².